The van der Waals surface area contributed by atoms with Gasteiger partial charge in [0.25, 0.3) is 5.56 Å². The maximum atomic E-state index is 12.1. The van der Waals surface area contributed by atoms with E-state index in [4.69, 9.17) is 4.74 Å². The van der Waals surface area contributed by atoms with E-state index in [2.05, 4.69) is 0 Å². The maximum Gasteiger partial charge on any atom is 0.340 e. The summed E-state index contributed by atoms with van der Waals surface area (Å²) in [7, 11) is 0. The van der Waals surface area contributed by atoms with E-state index in [9.17, 15) is 14.7 Å². The molecule has 1 aromatic carbocycles. The van der Waals surface area contributed by atoms with Gasteiger partial charge in [-0.05, 0) is 26.0 Å². The molecule has 0 aliphatic heterocycles. The summed E-state index contributed by atoms with van der Waals surface area (Å²) < 4.78 is 6.22. The Labute approximate surface area is 116 Å². The van der Waals surface area contributed by atoms with Crippen molar-refractivity contribution in [2.75, 3.05) is 6.61 Å². The van der Waals surface area contributed by atoms with Crippen LogP contribution in [0, 0.1) is 6.92 Å². The fourth-order valence-corrected chi connectivity index (χ4v) is 1.99. The van der Waals surface area contributed by atoms with Crippen LogP contribution in [0.3, 0.4) is 0 Å². The number of carbonyl (C=O) groups is 1. The SMILES string of the molecule is CCOC(=O)c1cc(O)c(=O)n(-c2ccccc2)c1C. The Balaban J connectivity index is 2.69. The first-order valence-corrected chi connectivity index (χ1v) is 6.24. The lowest BCUT2D eigenvalue weighted by molar-refractivity contribution is 0.0524. The molecule has 1 aromatic heterocycles. The Bertz CT molecular complexity index is 689. The molecule has 2 aromatic rings. The van der Waals surface area contributed by atoms with Crippen LogP contribution in [0.4, 0.5) is 0 Å². The van der Waals surface area contributed by atoms with E-state index in [1.807, 2.05) is 6.07 Å². The highest BCUT2D eigenvalue weighted by molar-refractivity contribution is 5.91. The van der Waals surface area contributed by atoms with Crippen LogP contribution < -0.4 is 5.56 Å². The molecule has 0 bridgehead atoms. The summed E-state index contributed by atoms with van der Waals surface area (Å²) >= 11 is 0. The zero-order valence-electron chi connectivity index (χ0n) is 11.3. The Morgan fingerprint density at radius 1 is 1.30 bits per heavy atom. The number of benzene rings is 1. The molecule has 1 N–H and O–H groups in total. The number of ether oxygens (including phenoxy) is 1. The number of rotatable bonds is 3. The second-order valence-corrected chi connectivity index (χ2v) is 4.23. The normalized spacial score (nSPS) is 10.3. The molecule has 20 heavy (non-hydrogen) atoms. The van der Waals surface area contributed by atoms with Gasteiger partial charge in [0.2, 0.25) is 0 Å². The summed E-state index contributed by atoms with van der Waals surface area (Å²) in [5.41, 5.74) is 0.614. The topological polar surface area (TPSA) is 68.5 Å². The summed E-state index contributed by atoms with van der Waals surface area (Å²) in [6, 6.07) is 9.96. The predicted molar refractivity (Wildman–Crippen MR) is 74.4 cm³/mol. The average molecular weight is 273 g/mol. The molecule has 0 aliphatic rings. The van der Waals surface area contributed by atoms with E-state index < -0.39 is 17.3 Å². The van der Waals surface area contributed by atoms with E-state index in [0.29, 0.717) is 11.4 Å². The molecule has 0 unspecified atom stereocenters. The van der Waals surface area contributed by atoms with Crippen LogP contribution in [0.25, 0.3) is 5.69 Å². The molecule has 5 nitrogen and oxygen atoms in total. The summed E-state index contributed by atoms with van der Waals surface area (Å²) in [5, 5.41) is 9.74. The average Bonchev–Trinajstić information content (AvgIpc) is 2.44. The molecular weight excluding hydrogens is 258 g/mol. The van der Waals surface area contributed by atoms with Crippen molar-refractivity contribution in [3.8, 4) is 11.4 Å². The molecule has 0 amide bonds. The first-order chi connectivity index (χ1) is 9.56. The van der Waals surface area contributed by atoms with Gasteiger partial charge < -0.3 is 9.84 Å². The van der Waals surface area contributed by atoms with Gasteiger partial charge in [-0.3, -0.25) is 9.36 Å². The first-order valence-electron chi connectivity index (χ1n) is 6.24. The third-order valence-corrected chi connectivity index (χ3v) is 2.94. The van der Waals surface area contributed by atoms with Gasteiger partial charge in [-0.25, -0.2) is 4.79 Å². The van der Waals surface area contributed by atoms with Gasteiger partial charge in [-0.1, -0.05) is 18.2 Å². The molecule has 0 aliphatic carbocycles. The smallest absolute Gasteiger partial charge is 0.340 e. The Morgan fingerprint density at radius 2 is 1.95 bits per heavy atom. The molecular formula is C15H15NO4. The van der Waals surface area contributed by atoms with Crippen molar-refractivity contribution < 1.29 is 14.6 Å². The predicted octanol–water partition coefficient (Wildman–Crippen LogP) is 2.03. The van der Waals surface area contributed by atoms with Crippen LogP contribution in [-0.2, 0) is 4.74 Å². The lowest BCUT2D eigenvalue weighted by Crippen LogP contribution is -2.23. The van der Waals surface area contributed by atoms with Crippen LogP contribution >= 0.6 is 0 Å². The number of carbonyl (C=O) groups excluding carboxylic acids is 1. The lowest BCUT2D eigenvalue weighted by Gasteiger charge is -2.14. The summed E-state index contributed by atoms with van der Waals surface area (Å²) in [6.07, 6.45) is 0. The molecule has 1 heterocycles. The van der Waals surface area contributed by atoms with E-state index in [0.717, 1.165) is 6.07 Å². The number of para-hydroxylation sites is 1. The van der Waals surface area contributed by atoms with Crippen molar-refractivity contribution in [3.63, 3.8) is 0 Å². The molecule has 2 rings (SSSR count). The fourth-order valence-electron chi connectivity index (χ4n) is 1.99. The Morgan fingerprint density at radius 3 is 2.55 bits per heavy atom. The van der Waals surface area contributed by atoms with Crippen LogP contribution in [0.1, 0.15) is 23.0 Å². The van der Waals surface area contributed by atoms with Gasteiger partial charge in [-0.2, -0.15) is 0 Å². The van der Waals surface area contributed by atoms with E-state index in [1.165, 1.54) is 4.57 Å². The molecule has 0 radical (unpaired) electrons. The molecule has 0 fully saturated rings. The van der Waals surface area contributed by atoms with Crippen LogP contribution in [0.15, 0.2) is 41.2 Å². The van der Waals surface area contributed by atoms with Gasteiger partial charge in [0.1, 0.15) is 0 Å². The van der Waals surface area contributed by atoms with Gasteiger partial charge in [0.15, 0.2) is 5.75 Å². The zero-order chi connectivity index (χ0) is 14.7. The molecule has 0 saturated heterocycles. The minimum atomic E-state index is -0.568. The standard InChI is InChI=1S/C15H15NO4/c1-3-20-15(19)12-9-13(17)14(18)16(10(12)2)11-7-5-4-6-8-11/h4-9,17H,3H2,1-2H3. The lowest BCUT2D eigenvalue weighted by atomic mass is 10.1. The summed E-state index contributed by atoms with van der Waals surface area (Å²) in [6.45, 7) is 3.56. The molecule has 0 saturated carbocycles. The monoisotopic (exact) mass is 273 g/mol. The van der Waals surface area contributed by atoms with Crippen molar-refractivity contribution in [1.82, 2.24) is 4.57 Å². The summed E-state index contributed by atoms with van der Waals surface area (Å²) in [4.78, 5) is 23.9. The minimum Gasteiger partial charge on any atom is -0.503 e. The third kappa shape index (κ3) is 2.42. The molecule has 0 atom stereocenters. The second-order valence-electron chi connectivity index (χ2n) is 4.23. The minimum absolute atomic E-state index is 0.174. The quantitative estimate of drug-likeness (QED) is 0.869. The van der Waals surface area contributed by atoms with Crippen molar-refractivity contribution in [3.05, 3.63) is 58.0 Å². The van der Waals surface area contributed by atoms with Gasteiger partial charge in [-0.15, -0.1) is 0 Å². The summed E-state index contributed by atoms with van der Waals surface area (Å²) in [5.74, 6) is -1.05. The van der Waals surface area contributed by atoms with Crippen LogP contribution in [-0.4, -0.2) is 22.2 Å². The molecule has 104 valence electrons. The number of nitrogens with zero attached hydrogens (tertiary/aromatic N) is 1. The van der Waals surface area contributed by atoms with Crippen molar-refractivity contribution in [1.29, 1.82) is 0 Å². The third-order valence-electron chi connectivity index (χ3n) is 2.94. The maximum absolute atomic E-state index is 12.1. The first kappa shape index (κ1) is 13.9. The Hall–Kier alpha value is -2.56. The largest absolute Gasteiger partial charge is 0.503 e. The van der Waals surface area contributed by atoms with Crippen LogP contribution in [0.2, 0.25) is 0 Å². The van der Waals surface area contributed by atoms with E-state index >= 15 is 0 Å². The van der Waals surface area contributed by atoms with Crippen molar-refractivity contribution in [2.24, 2.45) is 0 Å². The second kappa shape index (κ2) is 5.61. The number of hydrogen-bond acceptors (Lipinski definition) is 4. The van der Waals surface area contributed by atoms with Gasteiger partial charge in [0, 0.05) is 17.4 Å². The highest BCUT2D eigenvalue weighted by Gasteiger charge is 2.18. The zero-order valence-corrected chi connectivity index (χ0v) is 11.3. The van der Waals surface area contributed by atoms with Crippen LogP contribution in [0.5, 0.6) is 5.75 Å². The number of aromatic nitrogens is 1. The van der Waals surface area contributed by atoms with Crippen molar-refractivity contribution >= 4 is 5.97 Å². The number of pyridine rings is 1. The van der Waals surface area contributed by atoms with E-state index in [-0.39, 0.29) is 12.2 Å². The van der Waals surface area contributed by atoms with E-state index in [1.54, 1.807) is 38.1 Å². The fraction of sp³-hybridized carbons (Fsp3) is 0.200. The molecule has 5 heteroatoms. The molecule has 0 spiro atoms. The highest BCUT2D eigenvalue weighted by atomic mass is 16.5. The Kier molecular flexibility index (Phi) is 3.89. The van der Waals surface area contributed by atoms with Gasteiger partial charge in [0.05, 0.1) is 12.2 Å². The number of aromatic hydroxyl groups is 1. The van der Waals surface area contributed by atoms with Crippen molar-refractivity contribution in [2.45, 2.75) is 13.8 Å². The van der Waals surface area contributed by atoms with Gasteiger partial charge >= 0.3 is 5.97 Å². The number of hydrogen-bond donors (Lipinski definition) is 1. The number of esters is 1. The highest BCUT2D eigenvalue weighted by Crippen LogP contribution is 2.17.